The van der Waals surface area contributed by atoms with Gasteiger partial charge in [-0.25, -0.2) is 4.79 Å². The molecule has 0 aliphatic heterocycles. The van der Waals surface area contributed by atoms with Gasteiger partial charge in [0.1, 0.15) is 5.75 Å². The van der Waals surface area contributed by atoms with Gasteiger partial charge in [0.15, 0.2) is 6.10 Å². The zero-order valence-electron chi connectivity index (χ0n) is 13.6. The molecule has 2 aromatic carbocycles. The van der Waals surface area contributed by atoms with Crippen LogP contribution in [0.4, 0.5) is 5.69 Å². The number of anilines is 1. The van der Waals surface area contributed by atoms with Gasteiger partial charge in [0.25, 0.3) is 5.91 Å². The standard InChI is InChI=1S/C18H18ClNO4/c1-11-4-5-13(18(22)23-3)10-16(11)20-17(21)12(2)24-15-8-6-14(19)7-9-15/h4-10,12H,1-3H3,(H,20,21)/t12-/m1/s1. The summed E-state index contributed by atoms with van der Waals surface area (Å²) in [7, 11) is 1.31. The van der Waals surface area contributed by atoms with Crippen molar-refractivity contribution in [3.63, 3.8) is 0 Å². The van der Waals surface area contributed by atoms with Gasteiger partial charge in [-0.2, -0.15) is 0 Å². The first-order valence-electron chi connectivity index (χ1n) is 7.32. The molecule has 0 aromatic heterocycles. The highest BCUT2D eigenvalue weighted by atomic mass is 35.5. The van der Waals surface area contributed by atoms with Crippen LogP contribution in [0.1, 0.15) is 22.8 Å². The number of halogens is 1. The highest BCUT2D eigenvalue weighted by Crippen LogP contribution is 2.20. The second-order valence-electron chi connectivity index (χ2n) is 5.22. The van der Waals surface area contributed by atoms with E-state index < -0.39 is 12.1 Å². The first-order chi connectivity index (χ1) is 11.4. The maximum Gasteiger partial charge on any atom is 0.337 e. The second-order valence-corrected chi connectivity index (χ2v) is 5.66. The molecule has 0 radical (unpaired) electrons. The van der Waals surface area contributed by atoms with Crippen LogP contribution in [0.2, 0.25) is 5.02 Å². The van der Waals surface area contributed by atoms with E-state index in [4.69, 9.17) is 16.3 Å². The Kier molecular flexibility index (Phi) is 5.82. The second kappa shape index (κ2) is 7.84. The van der Waals surface area contributed by atoms with Crippen molar-refractivity contribution in [2.45, 2.75) is 20.0 Å². The van der Waals surface area contributed by atoms with Crippen LogP contribution in [0.5, 0.6) is 5.75 Å². The third-order valence-electron chi connectivity index (χ3n) is 3.41. The van der Waals surface area contributed by atoms with E-state index in [1.807, 2.05) is 6.92 Å². The number of nitrogens with one attached hydrogen (secondary N) is 1. The van der Waals surface area contributed by atoms with Crippen LogP contribution in [0.3, 0.4) is 0 Å². The lowest BCUT2D eigenvalue weighted by Gasteiger charge is -2.16. The number of carbonyl (C=O) groups is 2. The molecular weight excluding hydrogens is 330 g/mol. The fourth-order valence-corrected chi connectivity index (χ4v) is 2.13. The molecule has 0 spiro atoms. The van der Waals surface area contributed by atoms with Crippen molar-refractivity contribution in [2.75, 3.05) is 12.4 Å². The number of amides is 1. The summed E-state index contributed by atoms with van der Waals surface area (Å²) < 4.78 is 10.3. The summed E-state index contributed by atoms with van der Waals surface area (Å²) in [4.78, 5) is 23.9. The summed E-state index contributed by atoms with van der Waals surface area (Å²) in [5, 5.41) is 3.36. The summed E-state index contributed by atoms with van der Waals surface area (Å²) in [6.45, 7) is 3.48. The van der Waals surface area contributed by atoms with Crippen LogP contribution >= 0.6 is 11.6 Å². The van der Waals surface area contributed by atoms with E-state index in [2.05, 4.69) is 10.1 Å². The number of methoxy groups -OCH3 is 1. The number of esters is 1. The molecule has 0 aliphatic carbocycles. The van der Waals surface area contributed by atoms with Crippen molar-refractivity contribution in [3.05, 3.63) is 58.6 Å². The van der Waals surface area contributed by atoms with E-state index in [1.165, 1.54) is 7.11 Å². The van der Waals surface area contributed by atoms with E-state index in [0.29, 0.717) is 22.0 Å². The molecule has 24 heavy (non-hydrogen) atoms. The smallest absolute Gasteiger partial charge is 0.337 e. The van der Waals surface area contributed by atoms with Crippen molar-refractivity contribution in [1.82, 2.24) is 0 Å². The van der Waals surface area contributed by atoms with Crippen LogP contribution in [0.15, 0.2) is 42.5 Å². The lowest BCUT2D eigenvalue weighted by atomic mass is 10.1. The van der Waals surface area contributed by atoms with E-state index in [9.17, 15) is 9.59 Å². The van der Waals surface area contributed by atoms with Crippen LogP contribution < -0.4 is 10.1 Å². The van der Waals surface area contributed by atoms with Gasteiger partial charge in [-0.15, -0.1) is 0 Å². The van der Waals surface area contributed by atoms with Crippen molar-refractivity contribution >= 4 is 29.2 Å². The first kappa shape index (κ1) is 17.8. The molecule has 0 unspecified atom stereocenters. The van der Waals surface area contributed by atoms with Crippen LogP contribution in [0, 0.1) is 6.92 Å². The number of benzene rings is 2. The molecule has 1 amide bonds. The maximum absolute atomic E-state index is 12.3. The molecule has 0 aliphatic rings. The summed E-state index contributed by atoms with van der Waals surface area (Å²) >= 11 is 5.82. The number of aryl methyl sites for hydroxylation is 1. The summed E-state index contributed by atoms with van der Waals surface area (Å²) in [6.07, 6.45) is -0.715. The van der Waals surface area contributed by atoms with E-state index >= 15 is 0 Å². The van der Waals surface area contributed by atoms with Gasteiger partial charge in [-0.05, 0) is 55.8 Å². The molecule has 126 valence electrons. The van der Waals surface area contributed by atoms with E-state index in [0.717, 1.165) is 5.56 Å². The quantitative estimate of drug-likeness (QED) is 0.834. The Morgan fingerprint density at radius 2 is 1.79 bits per heavy atom. The Balaban J connectivity index is 2.08. The van der Waals surface area contributed by atoms with E-state index in [1.54, 1.807) is 49.4 Å². The average molecular weight is 348 g/mol. The maximum atomic E-state index is 12.3. The summed E-state index contributed by atoms with van der Waals surface area (Å²) in [5.41, 5.74) is 1.73. The van der Waals surface area contributed by atoms with Crippen LogP contribution in [-0.4, -0.2) is 25.1 Å². The Hall–Kier alpha value is -2.53. The Labute approximate surface area is 145 Å². The van der Waals surface area contributed by atoms with Gasteiger partial charge in [-0.1, -0.05) is 17.7 Å². The van der Waals surface area contributed by atoms with E-state index in [-0.39, 0.29) is 5.91 Å². The number of hydrogen-bond donors (Lipinski definition) is 1. The third kappa shape index (κ3) is 4.49. The Bertz CT molecular complexity index is 743. The van der Waals surface area contributed by atoms with Gasteiger partial charge in [0.2, 0.25) is 0 Å². The zero-order valence-corrected chi connectivity index (χ0v) is 14.4. The lowest BCUT2D eigenvalue weighted by molar-refractivity contribution is -0.122. The molecule has 0 heterocycles. The molecule has 6 heteroatoms. The minimum Gasteiger partial charge on any atom is -0.481 e. The SMILES string of the molecule is COC(=O)c1ccc(C)c(NC(=O)[C@@H](C)Oc2ccc(Cl)cc2)c1. The molecule has 1 atom stereocenters. The van der Waals surface area contributed by atoms with Crippen molar-refractivity contribution in [3.8, 4) is 5.75 Å². The predicted molar refractivity (Wildman–Crippen MR) is 92.7 cm³/mol. The largest absolute Gasteiger partial charge is 0.481 e. The fraction of sp³-hybridized carbons (Fsp3) is 0.222. The fourth-order valence-electron chi connectivity index (χ4n) is 2.01. The summed E-state index contributed by atoms with van der Waals surface area (Å²) in [5.74, 6) is -0.242. The zero-order chi connectivity index (χ0) is 17.7. The highest BCUT2D eigenvalue weighted by Gasteiger charge is 2.17. The molecule has 0 fully saturated rings. The normalized spacial score (nSPS) is 11.5. The Morgan fingerprint density at radius 1 is 1.12 bits per heavy atom. The van der Waals surface area contributed by atoms with Crippen molar-refractivity contribution in [1.29, 1.82) is 0 Å². The Morgan fingerprint density at radius 3 is 2.42 bits per heavy atom. The van der Waals surface area contributed by atoms with Gasteiger partial charge >= 0.3 is 5.97 Å². The minimum atomic E-state index is -0.715. The molecule has 0 saturated heterocycles. The molecular formula is C18H18ClNO4. The average Bonchev–Trinajstić information content (AvgIpc) is 2.58. The molecule has 0 bridgehead atoms. The number of carbonyl (C=O) groups excluding carboxylic acids is 2. The molecule has 1 N–H and O–H groups in total. The number of hydrogen-bond acceptors (Lipinski definition) is 4. The van der Waals surface area contributed by atoms with Gasteiger partial charge < -0.3 is 14.8 Å². The van der Waals surface area contributed by atoms with Crippen LogP contribution in [-0.2, 0) is 9.53 Å². The van der Waals surface area contributed by atoms with Gasteiger partial charge in [-0.3, -0.25) is 4.79 Å². The van der Waals surface area contributed by atoms with Gasteiger partial charge in [0, 0.05) is 10.7 Å². The topological polar surface area (TPSA) is 64.6 Å². The number of rotatable bonds is 5. The monoisotopic (exact) mass is 347 g/mol. The third-order valence-corrected chi connectivity index (χ3v) is 3.66. The molecule has 2 rings (SSSR count). The molecule has 5 nitrogen and oxygen atoms in total. The minimum absolute atomic E-state index is 0.324. The van der Waals surface area contributed by atoms with Crippen LogP contribution in [0.25, 0.3) is 0 Å². The van der Waals surface area contributed by atoms with Crippen molar-refractivity contribution < 1.29 is 19.1 Å². The highest BCUT2D eigenvalue weighted by molar-refractivity contribution is 6.30. The number of ether oxygens (including phenoxy) is 2. The van der Waals surface area contributed by atoms with Crippen molar-refractivity contribution in [2.24, 2.45) is 0 Å². The first-order valence-corrected chi connectivity index (χ1v) is 7.70. The lowest BCUT2D eigenvalue weighted by Crippen LogP contribution is -2.30. The molecule has 2 aromatic rings. The molecule has 0 saturated carbocycles. The van der Waals surface area contributed by atoms with Gasteiger partial charge in [0.05, 0.1) is 12.7 Å². The predicted octanol–water partition coefficient (Wildman–Crippen LogP) is 3.84. The summed E-state index contributed by atoms with van der Waals surface area (Å²) in [6, 6.07) is 11.7.